The molecule has 1 aromatic carbocycles. The van der Waals surface area contributed by atoms with Crippen LogP contribution < -0.4 is 4.90 Å². The van der Waals surface area contributed by atoms with Gasteiger partial charge in [-0.3, -0.25) is 9.59 Å². The van der Waals surface area contributed by atoms with Gasteiger partial charge in [-0.2, -0.15) is 0 Å². The third-order valence-electron chi connectivity index (χ3n) is 6.67. The van der Waals surface area contributed by atoms with E-state index >= 15 is 0 Å². The first-order valence-corrected chi connectivity index (χ1v) is 11.3. The number of hydrogen-bond acceptors (Lipinski definition) is 4. The molecule has 2 fully saturated rings. The molecule has 0 spiro atoms. The van der Waals surface area contributed by atoms with Crippen LogP contribution in [-0.4, -0.2) is 54.0 Å². The van der Waals surface area contributed by atoms with Crippen LogP contribution in [0.25, 0.3) is 0 Å². The van der Waals surface area contributed by atoms with Crippen LogP contribution in [0.5, 0.6) is 0 Å². The summed E-state index contributed by atoms with van der Waals surface area (Å²) in [6, 6.07) is 11.8. The van der Waals surface area contributed by atoms with Crippen LogP contribution in [-0.2, 0) is 14.3 Å². The fraction of sp³-hybridized carbons (Fsp3) is 0.480. The first kappa shape index (κ1) is 22.1. The molecule has 3 heterocycles. The average Bonchev–Trinajstić information content (AvgIpc) is 3.45. The minimum Gasteiger partial charge on any atom is -0.464 e. The smallest absolute Gasteiger partial charge is 0.354 e. The number of amides is 2. The zero-order valence-corrected chi connectivity index (χ0v) is 19.0. The number of aromatic nitrogens is 1. The highest BCUT2D eigenvalue weighted by molar-refractivity contribution is 6.00. The number of ether oxygens (including phenoxy) is 1. The number of anilines is 1. The summed E-state index contributed by atoms with van der Waals surface area (Å²) in [6.07, 6.45) is 3.69. The molecule has 0 bridgehead atoms. The largest absolute Gasteiger partial charge is 0.464 e. The molecule has 0 radical (unpaired) electrons. The molecule has 2 amide bonds. The van der Waals surface area contributed by atoms with Crippen LogP contribution in [0.15, 0.2) is 42.6 Å². The average molecular weight is 438 g/mol. The number of esters is 1. The van der Waals surface area contributed by atoms with Crippen LogP contribution in [0.1, 0.15) is 61.1 Å². The van der Waals surface area contributed by atoms with E-state index in [1.165, 1.54) is 12.7 Å². The molecular formula is C25H31N3O4. The fourth-order valence-electron chi connectivity index (χ4n) is 4.79. The Hall–Kier alpha value is -3.09. The van der Waals surface area contributed by atoms with E-state index in [1.54, 1.807) is 11.0 Å². The van der Waals surface area contributed by atoms with Gasteiger partial charge in [-0.1, -0.05) is 26.0 Å². The number of hydrogen-bond donors (Lipinski definition) is 0. The van der Waals surface area contributed by atoms with E-state index in [-0.39, 0.29) is 36.2 Å². The van der Waals surface area contributed by atoms with E-state index < -0.39 is 0 Å². The second-order valence-corrected chi connectivity index (χ2v) is 9.00. The zero-order chi connectivity index (χ0) is 22.8. The number of methoxy groups -OCH3 is 1. The lowest BCUT2D eigenvalue weighted by atomic mass is 10.0. The van der Waals surface area contributed by atoms with E-state index in [0.717, 1.165) is 18.5 Å². The summed E-state index contributed by atoms with van der Waals surface area (Å²) in [4.78, 5) is 41.5. The van der Waals surface area contributed by atoms with Crippen LogP contribution in [0, 0.1) is 5.92 Å². The molecule has 2 aromatic rings. The van der Waals surface area contributed by atoms with Crippen molar-refractivity contribution in [2.75, 3.05) is 31.6 Å². The molecule has 7 nitrogen and oxygen atoms in total. The molecular weight excluding hydrogens is 406 g/mol. The summed E-state index contributed by atoms with van der Waals surface area (Å²) in [5.41, 5.74) is 2.60. The van der Waals surface area contributed by atoms with Crippen molar-refractivity contribution in [2.45, 2.75) is 45.1 Å². The first-order chi connectivity index (χ1) is 15.4. The lowest BCUT2D eigenvalue weighted by molar-refractivity contribution is -0.137. The van der Waals surface area contributed by atoms with Crippen molar-refractivity contribution in [1.29, 1.82) is 0 Å². The van der Waals surface area contributed by atoms with Gasteiger partial charge in [0.15, 0.2) is 0 Å². The SMILES string of the molecule is COC(=O)c1cccn1C1CCN(C(=O)C2CC(=O)N(c3cccc(C(C)C)c3)C2)CC1. The quantitative estimate of drug-likeness (QED) is 0.670. The van der Waals surface area contributed by atoms with Gasteiger partial charge in [0.25, 0.3) is 0 Å². The summed E-state index contributed by atoms with van der Waals surface area (Å²) in [5.74, 6) is -0.209. The van der Waals surface area contributed by atoms with Gasteiger partial charge < -0.3 is 19.1 Å². The van der Waals surface area contributed by atoms with E-state index in [9.17, 15) is 14.4 Å². The predicted octanol–water partition coefficient (Wildman–Crippen LogP) is 3.61. The summed E-state index contributed by atoms with van der Waals surface area (Å²) >= 11 is 0. The highest BCUT2D eigenvalue weighted by Crippen LogP contribution is 2.31. The minimum absolute atomic E-state index is 0.00852. The lowest BCUT2D eigenvalue weighted by Gasteiger charge is -2.34. The number of carbonyl (C=O) groups is 3. The predicted molar refractivity (Wildman–Crippen MR) is 122 cm³/mol. The maximum atomic E-state index is 13.2. The summed E-state index contributed by atoms with van der Waals surface area (Å²) in [7, 11) is 1.38. The van der Waals surface area contributed by atoms with Gasteiger partial charge in [-0.05, 0) is 48.6 Å². The monoisotopic (exact) mass is 437 g/mol. The van der Waals surface area contributed by atoms with Gasteiger partial charge in [-0.25, -0.2) is 4.79 Å². The van der Waals surface area contributed by atoms with Crippen LogP contribution >= 0.6 is 0 Å². The number of rotatable bonds is 5. The van der Waals surface area contributed by atoms with E-state index in [0.29, 0.717) is 31.2 Å². The van der Waals surface area contributed by atoms with Crippen molar-refractivity contribution in [1.82, 2.24) is 9.47 Å². The van der Waals surface area contributed by atoms with Crippen molar-refractivity contribution in [3.63, 3.8) is 0 Å². The number of carbonyl (C=O) groups excluding carboxylic acids is 3. The van der Waals surface area contributed by atoms with E-state index in [4.69, 9.17) is 4.74 Å². The molecule has 4 rings (SSSR count). The number of likely N-dealkylation sites (tertiary alicyclic amines) is 1. The third kappa shape index (κ3) is 4.29. The van der Waals surface area contributed by atoms with Crippen LogP contribution in [0.3, 0.4) is 0 Å². The van der Waals surface area contributed by atoms with Gasteiger partial charge in [0.2, 0.25) is 11.8 Å². The van der Waals surface area contributed by atoms with Crippen molar-refractivity contribution in [3.05, 3.63) is 53.9 Å². The Balaban J connectivity index is 1.38. The van der Waals surface area contributed by atoms with Gasteiger partial charge in [0, 0.05) is 44.0 Å². The van der Waals surface area contributed by atoms with Crippen molar-refractivity contribution >= 4 is 23.5 Å². The number of nitrogens with zero attached hydrogens (tertiary/aromatic N) is 3. The summed E-state index contributed by atoms with van der Waals surface area (Å²) < 4.78 is 6.82. The molecule has 1 unspecified atom stereocenters. The topological polar surface area (TPSA) is 71.8 Å². The minimum atomic E-state index is -0.348. The molecule has 0 N–H and O–H groups in total. The summed E-state index contributed by atoms with van der Waals surface area (Å²) in [6.45, 7) is 5.93. The Morgan fingerprint density at radius 1 is 1.09 bits per heavy atom. The van der Waals surface area contributed by atoms with Crippen LogP contribution in [0.2, 0.25) is 0 Å². The van der Waals surface area contributed by atoms with Gasteiger partial charge in [0.1, 0.15) is 5.69 Å². The Labute approximate surface area is 188 Å². The maximum absolute atomic E-state index is 13.2. The van der Waals surface area contributed by atoms with Crippen molar-refractivity contribution in [2.24, 2.45) is 5.92 Å². The Morgan fingerprint density at radius 2 is 1.84 bits per heavy atom. The van der Waals surface area contributed by atoms with Crippen LogP contribution in [0.4, 0.5) is 5.69 Å². The van der Waals surface area contributed by atoms with Crippen molar-refractivity contribution < 1.29 is 19.1 Å². The molecule has 2 aliphatic heterocycles. The third-order valence-corrected chi connectivity index (χ3v) is 6.67. The zero-order valence-electron chi connectivity index (χ0n) is 19.0. The molecule has 7 heteroatoms. The van der Waals surface area contributed by atoms with Gasteiger partial charge >= 0.3 is 5.97 Å². The normalized spacial score (nSPS) is 19.6. The number of piperidine rings is 1. The highest BCUT2D eigenvalue weighted by Gasteiger charge is 2.38. The van der Waals surface area contributed by atoms with Crippen molar-refractivity contribution in [3.8, 4) is 0 Å². The molecule has 2 aliphatic rings. The molecule has 1 aromatic heterocycles. The molecule has 170 valence electrons. The second-order valence-electron chi connectivity index (χ2n) is 9.00. The van der Waals surface area contributed by atoms with E-state index in [1.807, 2.05) is 33.9 Å². The first-order valence-electron chi connectivity index (χ1n) is 11.3. The standard InChI is InChI=1S/C25H31N3O4/c1-17(2)18-6-4-7-21(14-18)28-16-19(15-23(28)29)24(30)26-12-9-20(10-13-26)27-11-5-8-22(27)25(31)32-3/h4-8,11,14,17,19-20H,9-10,12-13,15-16H2,1-3H3. The number of benzene rings is 1. The molecule has 0 saturated carbocycles. The van der Waals surface area contributed by atoms with Gasteiger partial charge in [-0.15, -0.1) is 0 Å². The Morgan fingerprint density at radius 3 is 2.53 bits per heavy atom. The molecule has 2 saturated heterocycles. The summed E-state index contributed by atoms with van der Waals surface area (Å²) in [5, 5.41) is 0. The van der Waals surface area contributed by atoms with E-state index in [2.05, 4.69) is 26.0 Å². The maximum Gasteiger partial charge on any atom is 0.354 e. The second kappa shape index (κ2) is 9.18. The fourth-order valence-corrected chi connectivity index (χ4v) is 4.79. The molecule has 0 aliphatic carbocycles. The lowest BCUT2D eigenvalue weighted by Crippen LogP contribution is -2.43. The van der Waals surface area contributed by atoms with Gasteiger partial charge in [0.05, 0.1) is 13.0 Å². The highest BCUT2D eigenvalue weighted by atomic mass is 16.5. The molecule has 1 atom stereocenters. The molecule has 32 heavy (non-hydrogen) atoms. The Bertz CT molecular complexity index is 1000. The Kier molecular flexibility index (Phi) is 6.35.